The van der Waals surface area contributed by atoms with E-state index in [0.717, 1.165) is 35.9 Å². The van der Waals surface area contributed by atoms with E-state index in [9.17, 15) is 9.59 Å². The van der Waals surface area contributed by atoms with Crippen molar-refractivity contribution in [3.8, 4) is 0 Å². The average molecular weight is 402 g/mol. The van der Waals surface area contributed by atoms with Crippen molar-refractivity contribution in [1.82, 2.24) is 9.80 Å². The predicted octanol–water partition coefficient (Wildman–Crippen LogP) is 4.38. The number of carbonyl (C=O) groups is 2. The van der Waals surface area contributed by atoms with E-state index in [2.05, 4.69) is 18.2 Å². The SMILES string of the molecule is CN(C)C(=O)c1cc2cc(C3=CCCN(C(=O)CCc4ccccc4)C3)ccc2o1. The number of fused-ring (bicyclic) bond motifs is 1. The molecule has 154 valence electrons. The Hall–Kier alpha value is -3.34. The molecule has 1 aromatic heterocycles. The van der Waals surface area contributed by atoms with E-state index < -0.39 is 0 Å². The molecule has 0 unspecified atom stereocenters. The van der Waals surface area contributed by atoms with Crippen LogP contribution in [0.15, 0.2) is 65.1 Å². The zero-order valence-corrected chi connectivity index (χ0v) is 17.4. The van der Waals surface area contributed by atoms with Crippen LogP contribution in [-0.2, 0) is 11.2 Å². The lowest BCUT2D eigenvalue weighted by atomic mass is 9.99. The molecular formula is C25H26N2O3. The van der Waals surface area contributed by atoms with Crippen molar-refractivity contribution in [2.24, 2.45) is 0 Å². The summed E-state index contributed by atoms with van der Waals surface area (Å²) in [7, 11) is 3.41. The van der Waals surface area contributed by atoms with Crippen molar-refractivity contribution in [1.29, 1.82) is 0 Å². The van der Waals surface area contributed by atoms with Crippen molar-refractivity contribution in [3.05, 3.63) is 77.6 Å². The number of nitrogens with zero attached hydrogens (tertiary/aromatic N) is 2. The Morgan fingerprint density at radius 1 is 1.07 bits per heavy atom. The van der Waals surface area contributed by atoms with Crippen LogP contribution in [0.4, 0.5) is 0 Å². The molecule has 0 bridgehead atoms. The van der Waals surface area contributed by atoms with Crippen molar-refractivity contribution < 1.29 is 14.0 Å². The quantitative estimate of drug-likeness (QED) is 0.636. The normalized spacial score (nSPS) is 13.9. The number of furan rings is 1. The fourth-order valence-corrected chi connectivity index (χ4v) is 3.79. The summed E-state index contributed by atoms with van der Waals surface area (Å²) in [5.74, 6) is 0.370. The lowest BCUT2D eigenvalue weighted by Gasteiger charge is -2.28. The smallest absolute Gasteiger partial charge is 0.289 e. The van der Waals surface area contributed by atoms with Gasteiger partial charge in [-0.15, -0.1) is 0 Å². The summed E-state index contributed by atoms with van der Waals surface area (Å²) in [6, 6.07) is 17.8. The van der Waals surface area contributed by atoms with E-state index in [4.69, 9.17) is 4.42 Å². The molecule has 0 spiro atoms. The monoisotopic (exact) mass is 402 g/mol. The minimum Gasteiger partial charge on any atom is -0.451 e. The number of aryl methyl sites for hydroxylation is 1. The highest BCUT2D eigenvalue weighted by atomic mass is 16.3. The zero-order chi connectivity index (χ0) is 21.1. The van der Waals surface area contributed by atoms with E-state index in [0.29, 0.717) is 24.3 Å². The maximum Gasteiger partial charge on any atom is 0.289 e. The van der Waals surface area contributed by atoms with Gasteiger partial charge in [0.25, 0.3) is 5.91 Å². The third-order valence-corrected chi connectivity index (χ3v) is 5.48. The van der Waals surface area contributed by atoms with E-state index in [1.165, 1.54) is 10.5 Å². The second kappa shape index (κ2) is 8.57. The molecular weight excluding hydrogens is 376 g/mol. The first-order valence-electron chi connectivity index (χ1n) is 10.3. The van der Waals surface area contributed by atoms with Crippen LogP contribution >= 0.6 is 0 Å². The number of carbonyl (C=O) groups excluding carboxylic acids is 2. The van der Waals surface area contributed by atoms with Gasteiger partial charge in [-0.3, -0.25) is 9.59 Å². The minimum absolute atomic E-state index is 0.153. The van der Waals surface area contributed by atoms with E-state index >= 15 is 0 Å². The maximum absolute atomic E-state index is 12.7. The summed E-state index contributed by atoms with van der Waals surface area (Å²) in [5, 5.41) is 0.895. The van der Waals surface area contributed by atoms with Crippen LogP contribution in [-0.4, -0.2) is 48.8 Å². The number of amides is 2. The molecule has 5 heteroatoms. The second-order valence-corrected chi connectivity index (χ2v) is 7.88. The molecule has 3 aromatic rings. The molecule has 2 amide bonds. The van der Waals surface area contributed by atoms with Gasteiger partial charge < -0.3 is 14.2 Å². The number of benzene rings is 2. The highest BCUT2D eigenvalue weighted by Gasteiger charge is 2.20. The molecule has 1 aliphatic rings. The van der Waals surface area contributed by atoms with Gasteiger partial charge in [-0.1, -0.05) is 42.5 Å². The Balaban J connectivity index is 1.46. The van der Waals surface area contributed by atoms with Gasteiger partial charge in [-0.25, -0.2) is 0 Å². The molecule has 0 saturated carbocycles. The topological polar surface area (TPSA) is 53.8 Å². The fraction of sp³-hybridized carbons (Fsp3) is 0.280. The molecule has 2 heterocycles. The third kappa shape index (κ3) is 4.30. The van der Waals surface area contributed by atoms with Gasteiger partial charge in [0.15, 0.2) is 5.76 Å². The summed E-state index contributed by atoms with van der Waals surface area (Å²) in [6.07, 6.45) is 4.33. The number of hydrogen-bond donors (Lipinski definition) is 0. The lowest BCUT2D eigenvalue weighted by Crippen LogP contribution is -2.35. The summed E-state index contributed by atoms with van der Waals surface area (Å²) in [4.78, 5) is 28.3. The third-order valence-electron chi connectivity index (χ3n) is 5.48. The average Bonchev–Trinajstić information content (AvgIpc) is 3.21. The Kier molecular flexibility index (Phi) is 5.70. The zero-order valence-electron chi connectivity index (χ0n) is 17.4. The highest BCUT2D eigenvalue weighted by molar-refractivity contribution is 5.96. The van der Waals surface area contributed by atoms with Crippen molar-refractivity contribution in [2.45, 2.75) is 19.3 Å². The van der Waals surface area contributed by atoms with Gasteiger partial charge in [-0.2, -0.15) is 0 Å². The largest absolute Gasteiger partial charge is 0.451 e. The first kappa shape index (κ1) is 20.0. The first-order chi connectivity index (χ1) is 14.5. The first-order valence-corrected chi connectivity index (χ1v) is 10.3. The minimum atomic E-state index is -0.153. The maximum atomic E-state index is 12.7. The molecule has 0 N–H and O–H groups in total. The summed E-state index contributed by atoms with van der Waals surface area (Å²) in [5.41, 5.74) is 4.08. The van der Waals surface area contributed by atoms with Crippen LogP contribution in [0.5, 0.6) is 0 Å². The van der Waals surface area contributed by atoms with Crippen LogP contribution in [0.25, 0.3) is 16.5 Å². The molecule has 4 rings (SSSR count). The Bertz CT molecular complexity index is 1100. The predicted molar refractivity (Wildman–Crippen MR) is 118 cm³/mol. The Labute approximate surface area is 176 Å². The Morgan fingerprint density at radius 3 is 2.63 bits per heavy atom. The van der Waals surface area contributed by atoms with Crippen LogP contribution in [0.2, 0.25) is 0 Å². The number of rotatable bonds is 5. The highest BCUT2D eigenvalue weighted by Crippen LogP contribution is 2.27. The van der Waals surface area contributed by atoms with Gasteiger partial charge in [0.2, 0.25) is 5.91 Å². The van der Waals surface area contributed by atoms with E-state index in [1.807, 2.05) is 41.3 Å². The molecule has 2 aromatic carbocycles. The van der Waals surface area contributed by atoms with Crippen LogP contribution in [0.3, 0.4) is 0 Å². The van der Waals surface area contributed by atoms with Crippen LogP contribution in [0.1, 0.15) is 34.5 Å². The molecule has 0 radical (unpaired) electrons. The van der Waals surface area contributed by atoms with Crippen LogP contribution < -0.4 is 0 Å². The van der Waals surface area contributed by atoms with Crippen molar-refractivity contribution >= 4 is 28.4 Å². The molecule has 1 aliphatic heterocycles. The molecule has 5 nitrogen and oxygen atoms in total. The van der Waals surface area contributed by atoms with Gasteiger partial charge in [-0.05, 0) is 47.7 Å². The van der Waals surface area contributed by atoms with Gasteiger partial charge in [0.05, 0.1) is 0 Å². The standard InChI is InChI=1S/C25H26N2O3/c1-26(2)25(29)23-16-21-15-19(11-12-22(21)30-23)20-9-6-14-27(17-20)24(28)13-10-18-7-4-3-5-8-18/h3-5,7-9,11-12,15-16H,6,10,13-14,17H2,1-2H3. The summed E-state index contributed by atoms with van der Waals surface area (Å²) in [6.45, 7) is 1.37. The van der Waals surface area contributed by atoms with Gasteiger partial charge in [0, 0.05) is 39.0 Å². The molecule has 0 fully saturated rings. The van der Waals surface area contributed by atoms with Crippen LogP contribution in [0, 0.1) is 0 Å². The Morgan fingerprint density at radius 2 is 1.87 bits per heavy atom. The summed E-state index contributed by atoms with van der Waals surface area (Å²) < 4.78 is 5.69. The van der Waals surface area contributed by atoms with E-state index in [1.54, 1.807) is 20.2 Å². The van der Waals surface area contributed by atoms with Crippen molar-refractivity contribution in [2.75, 3.05) is 27.2 Å². The van der Waals surface area contributed by atoms with Gasteiger partial charge >= 0.3 is 0 Å². The van der Waals surface area contributed by atoms with Crippen molar-refractivity contribution in [3.63, 3.8) is 0 Å². The molecule has 0 atom stereocenters. The van der Waals surface area contributed by atoms with E-state index in [-0.39, 0.29) is 11.8 Å². The fourth-order valence-electron chi connectivity index (χ4n) is 3.79. The van der Waals surface area contributed by atoms with Gasteiger partial charge in [0.1, 0.15) is 5.58 Å². The second-order valence-electron chi connectivity index (χ2n) is 7.88. The molecule has 30 heavy (non-hydrogen) atoms. The number of hydrogen-bond acceptors (Lipinski definition) is 3. The molecule has 0 aliphatic carbocycles. The molecule has 0 saturated heterocycles. The summed E-state index contributed by atoms with van der Waals surface area (Å²) >= 11 is 0. The lowest BCUT2D eigenvalue weighted by molar-refractivity contribution is -0.130.